The van der Waals surface area contributed by atoms with Crippen molar-refractivity contribution in [1.29, 1.82) is 0 Å². The van der Waals surface area contributed by atoms with Crippen molar-refractivity contribution in [3.05, 3.63) is 83.9 Å². The van der Waals surface area contributed by atoms with Gasteiger partial charge >= 0.3 is 0 Å². The van der Waals surface area contributed by atoms with Gasteiger partial charge in [0.2, 0.25) is 0 Å². The SMILES string of the molecule is Cc1cnc(C(=O)N(C)Cc2ccc(-c3ccccc3)cc2)cn1. The lowest BCUT2D eigenvalue weighted by molar-refractivity contribution is 0.0779. The van der Waals surface area contributed by atoms with Crippen LogP contribution in [0.3, 0.4) is 0 Å². The van der Waals surface area contributed by atoms with E-state index in [0.29, 0.717) is 12.2 Å². The van der Waals surface area contributed by atoms with Gasteiger partial charge in [-0.25, -0.2) is 4.98 Å². The van der Waals surface area contributed by atoms with E-state index in [0.717, 1.165) is 16.8 Å². The maximum Gasteiger partial charge on any atom is 0.274 e. The molecule has 0 fully saturated rings. The minimum Gasteiger partial charge on any atom is -0.336 e. The van der Waals surface area contributed by atoms with E-state index in [1.807, 2.05) is 37.3 Å². The topological polar surface area (TPSA) is 46.1 Å². The Morgan fingerprint density at radius 2 is 1.58 bits per heavy atom. The maximum atomic E-state index is 12.4. The third kappa shape index (κ3) is 3.66. The summed E-state index contributed by atoms with van der Waals surface area (Å²) in [6.45, 7) is 2.38. The molecule has 1 amide bonds. The van der Waals surface area contributed by atoms with Crippen LogP contribution in [0, 0.1) is 6.92 Å². The Balaban J connectivity index is 1.69. The minimum atomic E-state index is -0.130. The summed E-state index contributed by atoms with van der Waals surface area (Å²) < 4.78 is 0. The van der Waals surface area contributed by atoms with Crippen LogP contribution in [0.4, 0.5) is 0 Å². The number of hydrogen-bond donors (Lipinski definition) is 0. The van der Waals surface area contributed by atoms with E-state index in [1.54, 1.807) is 18.1 Å². The van der Waals surface area contributed by atoms with E-state index in [2.05, 4.69) is 34.2 Å². The summed E-state index contributed by atoms with van der Waals surface area (Å²) in [4.78, 5) is 22.3. The van der Waals surface area contributed by atoms with E-state index in [9.17, 15) is 4.79 Å². The van der Waals surface area contributed by atoms with Crippen molar-refractivity contribution in [2.75, 3.05) is 7.05 Å². The molecular formula is C20H19N3O. The van der Waals surface area contributed by atoms with Crippen molar-refractivity contribution in [2.24, 2.45) is 0 Å². The molecule has 3 aromatic rings. The van der Waals surface area contributed by atoms with Crippen molar-refractivity contribution in [3.8, 4) is 11.1 Å². The zero-order valence-corrected chi connectivity index (χ0v) is 13.8. The molecule has 120 valence electrons. The average molecular weight is 317 g/mol. The van der Waals surface area contributed by atoms with Gasteiger partial charge in [0.05, 0.1) is 11.9 Å². The van der Waals surface area contributed by atoms with Crippen molar-refractivity contribution in [1.82, 2.24) is 14.9 Å². The second-order valence-corrected chi connectivity index (χ2v) is 5.77. The molecule has 0 saturated heterocycles. The Morgan fingerprint density at radius 1 is 0.917 bits per heavy atom. The first-order chi connectivity index (χ1) is 11.6. The highest BCUT2D eigenvalue weighted by atomic mass is 16.2. The fourth-order valence-corrected chi connectivity index (χ4v) is 2.48. The molecular weight excluding hydrogens is 298 g/mol. The second kappa shape index (κ2) is 7.04. The molecule has 0 bridgehead atoms. The van der Waals surface area contributed by atoms with Gasteiger partial charge in [-0.05, 0) is 23.6 Å². The number of carbonyl (C=O) groups excluding carboxylic acids is 1. The number of carbonyl (C=O) groups is 1. The Kier molecular flexibility index (Phi) is 4.66. The van der Waals surface area contributed by atoms with Crippen LogP contribution in [-0.4, -0.2) is 27.8 Å². The van der Waals surface area contributed by atoms with Crippen LogP contribution in [0.25, 0.3) is 11.1 Å². The molecule has 0 atom stereocenters. The molecule has 0 radical (unpaired) electrons. The lowest BCUT2D eigenvalue weighted by Gasteiger charge is -2.17. The van der Waals surface area contributed by atoms with Crippen LogP contribution in [0.5, 0.6) is 0 Å². The van der Waals surface area contributed by atoms with Crippen LogP contribution in [0.2, 0.25) is 0 Å². The monoisotopic (exact) mass is 317 g/mol. The zero-order valence-electron chi connectivity index (χ0n) is 13.8. The Labute approximate surface area is 141 Å². The van der Waals surface area contributed by atoms with Crippen molar-refractivity contribution in [2.45, 2.75) is 13.5 Å². The fraction of sp³-hybridized carbons (Fsp3) is 0.150. The molecule has 1 aromatic heterocycles. The van der Waals surface area contributed by atoms with Crippen LogP contribution in [-0.2, 0) is 6.54 Å². The van der Waals surface area contributed by atoms with Gasteiger partial charge in [0.25, 0.3) is 5.91 Å². The van der Waals surface area contributed by atoms with Crippen LogP contribution in [0.15, 0.2) is 67.0 Å². The number of nitrogens with zero attached hydrogens (tertiary/aromatic N) is 3. The summed E-state index contributed by atoms with van der Waals surface area (Å²) in [6, 6.07) is 18.5. The number of aromatic nitrogens is 2. The van der Waals surface area contributed by atoms with Gasteiger partial charge in [-0.1, -0.05) is 54.6 Å². The zero-order chi connectivity index (χ0) is 16.9. The molecule has 24 heavy (non-hydrogen) atoms. The fourth-order valence-electron chi connectivity index (χ4n) is 2.48. The molecule has 0 aliphatic rings. The van der Waals surface area contributed by atoms with Gasteiger partial charge < -0.3 is 4.90 Å². The molecule has 0 aliphatic heterocycles. The van der Waals surface area contributed by atoms with Gasteiger partial charge in [0, 0.05) is 19.8 Å². The molecule has 0 N–H and O–H groups in total. The molecule has 3 rings (SSSR count). The molecule has 4 heteroatoms. The van der Waals surface area contributed by atoms with E-state index < -0.39 is 0 Å². The predicted molar refractivity (Wildman–Crippen MR) is 94.4 cm³/mol. The third-order valence-electron chi connectivity index (χ3n) is 3.83. The van der Waals surface area contributed by atoms with Gasteiger partial charge in [-0.3, -0.25) is 9.78 Å². The van der Waals surface area contributed by atoms with E-state index in [-0.39, 0.29) is 5.91 Å². The summed E-state index contributed by atoms with van der Waals surface area (Å²) in [5.74, 6) is -0.130. The van der Waals surface area contributed by atoms with Gasteiger partial charge in [0.1, 0.15) is 5.69 Å². The standard InChI is InChI=1S/C20H19N3O/c1-15-12-22-19(13-21-15)20(24)23(2)14-16-8-10-18(11-9-16)17-6-4-3-5-7-17/h3-13H,14H2,1-2H3. The Hall–Kier alpha value is -3.01. The van der Waals surface area contributed by atoms with Gasteiger partial charge in [-0.2, -0.15) is 0 Å². The summed E-state index contributed by atoms with van der Waals surface area (Å²) in [5, 5.41) is 0. The molecule has 4 nitrogen and oxygen atoms in total. The average Bonchev–Trinajstić information content (AvgIpc) is 2.63. The van der Waals surface area contributed by atoms with E-state index in [1.165, 1.54) is 11.8 Å². The van der Waals surface area contributed by atoms with E-state index in [4.69, 9.17) is 0 Å². The minimum absolute atomic E-state index is 0.130. The molecule has 0 unspecified atom stereocenters. The molecule has 0 saturated carbocycles. The van der Waals surface area contributed by atoms with E-state index >= 15 is 0 Å². The van der Waals surface area contributed by atoms with Crippen LogP contribution < -0.4 is 0 Å². The van der Waals surface area contributed by atoms with Crippen molar-refractivity contribution >= 4 is 5.91 Å². The quantitative estimate of drug-likeness (QED) is 0.736. The summed E-state index contributed by atoms with van der Waals surface area (Å²) in [7, 11) is 1.77. The highest BCUT2D eigenvalue weighted by molar-refractivity contribution is 5.91. The first-order valence-electron chi connectivity index (χ1n) is 7.82. The first-order valence-corrected chi connectivity index (χ1v) is 7.82. The highest BCUT2D eigenvalue weighted by Gasteiger charge is 2.13. The number of amides is 1. The van der Waals surface area contributed by atoms with Crippen LogP contribution >= 0.6 is 0 Å². The van der Waals surface area contributed by atoms with Crippen molar-refractivity contribution in [3.63, 3.8) is 0 Å². The van der Waals surface area contributed by atoms with Gasteiger partial charge in [-0.15, -0.1) is 0 Å². The predicted octanol–water partition coefficient (Wildman–Crippen LogP) is 3.72. The van der Waals surface area contributed by atoms with Crippen molar-refractivity contribution < 1.29 is 4.79 Å². The number of aryl methyl sites for hydroxylation is 1. The van der Waals surface area contributed by atoms with Crippen LogP contribution in [0.1, 0.15) is 21.7 Å². The Bertz CT molecular complexity index is 812. The highest BCUT2D eigenvalue weighted by Crippen LogP contribution is 2.19. The third-order valence-corrected chi connectivity index (χ3v) is 3.83. The van der Waals surface area contributed by atoms with Gasteiger partial charge in [0.15, 0.2) is 0 Å². The first kappa shape index (κ1) is 15.9. The lowest BCUT2D eigenvalue weighted by atomic mass is 10.0. The molecule has 1 heterocycles. The largest absolute Gasteiger partial charge is 0.336 e. The molecule has 0 spiro atoms. The number of hydrogen-bond acceptors (Lipinski definition) is 3. The summed E-state index contributed by atoms with van der Waals surface area (Å²) in [5.41, 5.74) is 4.58. The summed E-state index contributed by atoms with van der Waals surface area (Å²) >= 11 is 0. The smallest absolute Gasteiger partial charge is 0.274 e. The number of rotatable bonds is 4. The summed E-state index contributed by atoms with van der Waals surface area (Å²) in [6.07, 6.45) is 3.13. The maximum absolute atomic E-state index is 12.4. The molecule has 0 aliphatic carbocycles. The second-order valence-electron chi connectivity index (χ2n) is 5.77. The number of benzene rings is 2. The Morgan fingerprint density at radius 3 is 2.21 bits per heavy atom. The molecule has 2 aromatic carbocycles. The normalized spacial score (nSPS) is 10.4. The lowest BCUT2D eigenvalue weighted by Crippen LogP contribution is -2.27.